The molecule has 1 amide bonds. The number of benzene rings is 2. The molecule has 154 valence electrons. The molecule has 1 saturated heterocycles. The van der Waals surface area contributed by atoms with Crippen LogP contribution in [-0.4, -0.2) is 43.7 Å². The highest BCUT2D eigenvalue weighted by Gasteiger charge is 2.47. The fourth-order valence-corrected chi connectivity index (χ4v) is 4.51. The lowest BCUT2D eigenvalue weighted by molar-refractivity contribution is -0.184. The molecule has 1 spiro atoms. The molecule has 1 heterocycles. The van der Waals surface area contributed by atoms with E-state index in [1.807, 2.05) is 18.2 Å². The molecule has 1 saturated carbocycles. The number of methoxy groups -OCH3 is 1. The molecular formula is C23H27NO5. The zero-order valence-electron chi connectivity index (χ0n) is 16.6. The van der Waals surface area contributed by atoms with Crippen molar-refractivity contribution >= 4 is 5.91 Å². The zero-order chi connectivity index (χ0) is 20.3. The maximum absolute atomic E-state index is 12.9. The number of phenolic OH excluding ortho intramolecular Hbond substituents is 1. The standard InChI is InChI=1S/C23H27NO5/c1-27-19-9-5-8-18(25)20(19)21(26)24-16-22(17-6-3-2-4-7-17)10-12-23(13-11-22)28-14-15-29-23/h2-9,25H,10-16H2,1H3,(H,24,26). The smallest absolute Gasteiger partial charge is 0.258 e. The van der Waals surface area contributed by atoms with Gasteiger partial charge in [0, 0.05) is 24.8 Å². The molecule has 6 nitrogen and oxygen atoms in total. The van der Waals surface area contributed by atoms with Gasteiger partial charge in [0.1, 0.15) is 17.1 Å². The number of carbonyl (C=O) groups excluding carboxylic acids is 1. The lowest BCUT2D eigenvalue weighted by atomic mass is 9.67. The van der Waals surface area contributed by atoms with Crippen LogP contribution in [0.1, 0.15) is 41.6 Å². The van der Waals surface area contributed by atoms with Crippen LogP contribution in [0.25, 0.3) is 0 Å². The number of nitrogens with one attached hydrogen (secondary N) is 1. The van der Waals surface area contributed by atoms with Crippen molar-refractivity contribution in [1.82, 2.24) is 5.32 Å². The second kappa shape index (κ2) is 8.05. The molecule has 0 aromatic heterocycles. The van der Waals surface area contributed by atoms with Crippen molar-refractivity contribution in [3.8, 4) is 11.5 Å². The summed E-state index contributed by atoms with van der Waals surface area (Å²) in [5, 5.41) is 13.2. The summed E-state index contributed by atoms with van der Waals surface area (Å²) in [7, 11) is 1.49. The number of carbonyl (C=O) groups is 1. The first kappa shape index (κ1) is 19.7. The molecule has 29 heavy (non-hydrogen) atoms. The minimum atomic E-state index is -0.469. The van der Waals surface area contributed by atoms with Crippen LogP contribution in [0.3, 0.4) is 0 Å². The molecule has 0 unspecified atom stereocenters. The van der Waals surface area contributed by atoms with Gasteiger partial charge in [0.2, 0.25) is 0 Å². The van der Waals surface area contributed by atoms with Crippen molar-refractivity contribution < 1.29 is 24.1 Å². The molecule has 6 heteroatoms. The second-order valence-electron chi connectivity index (χ2n) is 7.79. The Balaban J connectivity index is 1.55. The summed E-state index contributed by atoms with van der Waals surface area (Å²) in [6, 6.07) is 15.1. The van der Waals surface area contributed by atoms with Crippen molar-refractivity contribution in [2.45, 2.75) is 36.9 Å². The van der Waals surface area contributed by atoms with E-state index in [1.165, 1.54) is 18.7 Å². The monoisotopic (exact) mass is 397 g/mol. The van der Waals surface area contributed by atoms with Crippen molar-refractivity contribution in [2.24, 2.45) is 0 Å². The van der Waals surface area contributed by atoms with E-state index in [0.29, 0.717) is 25.5 Å². The van der Waals surface area contributed by atoms with Crippen LogP contribution >= 0.6 is 0 Å². The fourth-order valence-electron chi connectivity index (χ4n) is 4.51. The minimum Gasteiger partial charge on any atom is -0.507 e. The van der Waals surface area contributed by atoms with Gasteiger partial charge in [-0.2, -0.15) is 0 Å². The molecule has 1 aliphatic heterocycles. The van der Waals surface area contributed by atoms with Crippen LogP contribution in [-0.2, 0) is 14.9 Å². The molecule has 2 fully saturated rings. The van der Waals surface area contributed by atoms with E-state index in [9.17, 15) is 9.90 Å². The average Bonchev–Trinajstić information content (AvgIpc) is 3.22. The zero-order valence-corrected chi connectivity index (χ0v) is 16.6. The highest BCUT2D eigenvalue weighted by Crippen LogP contribution is 2.46. The Morgan fingerprint density at radius 1 is 1.03 bits per heavy atom. The largest absolute Gasteiger partial charge is 0.507 e. The van der Waals surface area contributed by atoms with Crippen LogP contribution in [0.15, 0.2) is 48.5 Å². The predicted octanol–water partition coefficient (Wildman–Crippen LogP) is 3.39. The van der Waals surface area contributed by atoms with Gasteiger partial charge in [-0.3, -0.25) is 4.79 Å². The fraction of sp³-hybridized carbons (Fsp3) is 0.435. The predicted molar refractivity (Wildman–Crippen MR) is 108 cm³/mol. The van der Waals surface area contributed by atoms with Crippen LogP contribution in [0.5, 0.6) is 11.5 Å². The van der Waals surface area contributed by atoms with Gasteiger partial charge in [0.05, 0.1) is 20.3 Å². The van der Waals surface area contributed by atoms with E-state index in [2.05, 4.69) is 17.4 Å². The van der Waals surface area contributed by atoms with Crippen LogP contribution in [0, 0.1) is 0 Å². The summed E-state index contributed by atoms with van der Waals surface area (Å²) in [5.74, 6) is -0.551. The molecule has 0 radical (unpaired) electrons. The van der Waals surface area contributed by atoms with Crippen molar-refractivity contribution in [3.63, 3.8) is 0 Å². The van der Waals surface area contributed by atoms with Crippen LogP contribution in [0.4, 0.5) is 0 Å². The normalized spacial score (nSPS) is 19.8. The summed E-state index contributed by atoms with van der Waals surface area (Å²) < 4.78 is 17.0. The molecule has 0 bridgehead atoms. The Kier molecular flexibility index (Phi) is 5.48. The van der Waals surface area contributed by atoms with Gasteiger partial charge >= 0.3 is 0 Å². The molecule has 1 aliphatic carbocycles. The van der Waals surface area contributed by atoms with E-state index in [0.717, 1.165) is 25.7 Å². The third kappa shape index (κ3) is 3.82. The Bertz CT molecular complexity index is 851. The number of amides is 1. The third-order valence-corrected chi connectivity index (χ3v) is 6.21. The number of ether oxygens (including phenoxy) is 3. The first-order chi connectivity index (χ1) is 14.1. The Morgan fingerprint density at radius 3 is 2.38 bits per heavy atom. The number of hydrogen-bond acceptors (Lipinski definition) is 5. The first-order valence-electron chi connectivity index (χ1n) is 10.1. The number of phenols is 1. The SMILES string of the molecule is COc1cccc(O)c1C(=O)NCC1(c2ccccc2)CCC2(CC1)OCCO2. The molecule has 2 aromatic rings. The van der Waals surface area contributed by atoms with Gasteiger partial charge in [0.25, 0.3) is 5.91 Å². The highest BCUT2D eigenvalue weighted by atomic mass is 16.7. The Hall–Kier alpha value is -2.57. The van der Waals surface area contributed by atoms with Gasteiger partial charge in [-0.25, -0.2) is 0 Å². The van der Waals surface area contributed by atoms with Crippen molar-refractivity contribution in [3.05, 3.63) is 59.7 Å². The van der Waals surface area contributed by atoms with Crippen LogP contribution < -0.4 is 10.1 Å². The van der Waals surface area contributed by atoms with Gasteiger partial charge in [-0.1, -0.05) is 36.4 Å². The van der Waals surface area contributed by atoms with Crippen molar-refractivity contribution in [2.75, 3.05) is 26.9 Å². The van der Waals surface area contributed by atoms with Gasteiger partial charge < -0.3 is 24.6 Å². The number of rotatable bonds is 5. The summed E-state index contributed by atoms with van der Waals surface area (Å²) in [4.78, 5) is 12.9. The molecular weight excluding hydrogens is 370 g/mol. The molecule has 2 aromatic carbocycles. The summed E-state index contributed by atoms with van der Waals surface area (Å²) in [5.41, 5.74) is 1.14. The summed E-state index contributed by atoms with van der Waals surface area (Å²) in [6.07, 6.45) is 3.26. The minimum absolute atomic E-state index is 0.0917. The lowest BCUT2D eigenvalue weighted by Gasteiger charge is -2.44. The molecule has 2 aliphatic rings. The second-order valence-corrected chi connectivity index (χ2v) is 7.79. The maximum atomic E-state index is 12.9. The maximum Gasteiger partial charge on any atom is 0.258 e. The Labute approximate surface area is 170 Å². The van der Waals surface area contributed by atoms with E-state index < -0.39 is 5.79 Å². The van der Waals surface area contributed by atoms with Crippen LogP contribution in [0.2, 0.25) is 0 Å². The number of hydrogen-bond donors (Lipinski definition) is 2. The highest BCUT2D eigenvalue weighted by molar-refractivity contribution is 5.99. The van der Waals surface area contributed by atoms with E-state index in [-0.39, 0.29) is 22.6 Å². The van der Waals surface area contributed by atoms with E-state index in [4.69, 9.17) is 14.2 Å². The first-order valence-corrected chi connectivity index (χ1v) is 10.1. The summed E-state index contributed by atoms with van der Waals surface area (Å²) in [6.45, 7) is 1.74. The Morgan fingerprint density at radius 2 is 1.72 bits per heavy atom. The topological polar surface area (TPSA) is 77.0 Å². The quantitative estimate of drug-likeness (QED) is 0.809. The molecule has 2 N–H and O–H groups in total. The van der Waals surface area contributed by atoms with Crippen molar-refractivity contribution in [1.29, 1.82) is 0 Å². The third-order valence-electron chi connectivity index (χ3n) is 6.21. The lowest BCUT2D eigenvalue weighted by Crippen LogP contribution is -2.48. The number of aromatic hydroxyl groups is 1. The van der Waals surface area contributed by atoms with Gasteiger partial charge in [0.15, 0.2) is 5.79 Å². The van der Waals surface area contributed by atoms with E-state index >= 15 is 0 Å². The van der Waals surface area contributed by atoms with Gasteiger partial charge in [-0.15, -0.1) is 0 Å². The average molecular weight is 397 g/mol. The van der Waals surface area contributed by atoms with E-state index in [1.54, 1.807) is 12.1 Å². The summed E-state index contributed by atoms with van der Waals surface area (Å²) >= 11 is 0. The molecule has 0 atom stereocenters. The van der Waals surface area contributed by atoms with Gasteiger partial charge in [-0.05, 0) is 30.5 Å². The molecule has 4 rings (SSSR count).